The van der Waals surface area contributed by atoms with Gasteiger partial charge in [0, 0.05) is 29.0 Å². The van der Waals surface area contributed by atoms with E-state index in [1.54, 1.807) is 0 Å². The average molecular weight is 423 g/mol. The minimum atomic E-state index is -4.25. The fourth-order valence-corrected chi connectivity index (χ4v) is 3.89. The Labute approximate surface area is 134 Å². The van der Waals surface area contributed by atoms with Crippen molar-refractivity contribution in [1.82, 2.24) is 5.32 Å². The van der Waals surface area contributed by atoms with E-state index in [-0.39, 0.29) is 22.3 Å². The topological polar surface area (TPSA) is 97.4 Å². The number of benzene rings is 1. The monoisotopic (exact) mass is 421 g/mol. The normalized spacial score (nSPS) is 12.2. The second-order valence-corrected chi connectivity index (χ2v) is 9.68. The minimum absolute atomic E-state index is 0.182. The van der Waals surface area contributed by atoms with Crippen LogP contribution in [0.25, 0.3) is 0 Å². The van der Waals surface area contributed by atoms with E-state index in [0.717, 1.165) is 18.4 Å². The van der Waals surface area contributed by atoms with Gasteiger partial charge in [0.25, 0.3) is 15.0 Å². The third kappa shape index (κ3) is 5.53. The van der Waals surface area contributed by atoms with Gasteiger partial charge in [-0.25, -0.2) is 21.2 Å². The van der Waals surface area contributed by atoms with Crippen molar-refractivity contribution in [3.05, 3.63) is 28.0 Å². The smallest absolute Gasteiger partial charge is 0.262 e. The molecule has 0 saturated heterocycles. The van der Waals surface area contributed by atoms with Crippen molar-refractivity contribution in [1.29, 1.82) is 0 Å². The van der Waals surface area contributed by atoms with E-state index in [1.807, 2.05) is 0 Å². The van der Waals surface area contributed by atoms with Gasteiger partial charge in [-0.1, -0.05) is 0 Å². The highest BCUT2D eigenvalue weighted by molar-refractivity contribution is 9.10. The zero-order chi connectivity index (χ0) is 16.4. The third-order valence-corrected chi connectivity index (χ3v) is 5.64. The van der Waals surface area contributed by atoms with E-state index < -0.39 is 35.5 Å². The number of sulfone groups is 1. The van der Waals surface area contributed by atoms with Crippen molar-refractivity contribution in [3.8, 4) is 0 Å². The Morgan fingerprint density at radius 3 is 2.38 bits per heavy atom. The van der Waals surface area contributed by atoms with E-state index in [9.17, 15) is 26.0 Å². The Kier molecular flexibility index (Phi) is 5.76. The molecule has 118 valence electrons. The van der Waals surface area contributed by atoms with Gasteiger partial charge in [-0.15, -0.1) is 0 Å². The van der Waals surface area contributed by atoms with E-state index in [1.165, 1.54) is 0 Å². The zero-order valence-electron chi connectivity index (χ0n) is 10.6. The fourth-order valence-electron chi connectivity index (χ4n) is 1.32. The van der Waals surface area contributed by atoms with Crippen LogP contribution in [0.15, 0.2) is 21.5 Å². The second-order valence-electron chi connectivity index (χ2n) is 4.09. The summed E-state index contributed by atoms with van der Waals surface area (Å²) in [4.78, 5) is 11.2. The van der Waals surface area contributed by atoms with Crippen LogP contribution in [-0.2, 0) is 18.9 Å². The number of carbonyl (C=O) groups excluding carboxylic acids is 1. The summed E-state index contributed by atoms with van der Waals surface area (Å²) in [5, 5.41) is 2.24. The number of hydrogen-bond acceptors (Lipinski definition) is 5. The molecule has 11 heteroatoms. The van der Waals surface area contributed by atoms with Gasteiger partial charge < -0.3 is 5.32 Å². The first-order chi connectivity index (χ1) is 9.42. The van der Waals surface area contributed by atoms with Gasteiger partial charge in [-0.3, -0.25) is 4.79 Å². The first-order valence-corrected chi connectivity index (χ1v) is 10.5. The van der Waals surface area contributed by atoms with Crippen molar-refractivity contribution in [2.45, 2.75) is 4.90 Å². The Morgan fingerprint density at radius 2 is 1.90 bits per heavy atom. The number of carbonyl (C=O) groups is 1. The molecular formula is C10H10BrClFNO5S2. The highest BCUT2D eigenvalue weighted by atomic mass is 79.9. The summed E-state index contributed by atoms with van der Waals surface area (Å²) in [6, 6.07) is 1.71. The molecular weight excluding hydrogens is 413 g/mol. The lowest BCUT2D eigenvalue weighted by Crippen LogP contribution is -2.29. The van der Waals surface area contributed by atoms with Crippen LogP contribution in [0.3, 0.4) is 0 Å². The minimum Gasteiger partial charge on any atom is -0.351 e. The molecule has 1 aromatic carbocycles. The molecule has 0 fully saturated rings. The number of rotatable bonds is 5. The van der Waals surface area contributed by atoms with Crippen LogP contribution in [-0.4, -0.2) is 41.3 Å². The predicted octanol–water partition coefficient (Wildman–Crippen LogP) is 1.29. The maximum Gasteiger partial charge on any atom is 0.262 e. The Bertz CT molecular complexity index is 779. The molecule has 6 nitrogen and oxygen atoms in total. The fraction of sp³-hybridized carbons (Fsp3) is 0.300. The van der Waals surface area contributed by atoms with Crippen LogP contribution in [0.2, 0.25) is 0 Å². The number of halogens is 3. The maximum atomic E-state index is 13.6. The lowest BCUT2D eigenvalue weighted by atomic mass is 10.2. The molecule has 1 aromatic rings. The Hall–Kier alpha value is -0.710. The summed E-state index contributed by atoms with van der Waals surface area (Å²) >= 11 is 2.73. The molecule has 0 aliphatic rings. The van der Waals surface area contributed by atoms with Crippen molar-refractivity contribution >= 4 is 51.4 Å². The van der Waals surface area contributed by atoms with E-state index in [0.29, 0.717) is 0 Å². The van der Waals surface area contributed by atoms with Crippen molar-refractivity contribution in [2.75, 3.05) is 18.6 Å². The molecule has 0 atom stereocenters. The van der Waals surface area contributed by atoms with Gasteiger partial charge in [0.2, 0.25) is 0 Å². The molecule has 0 unspecified atom stereocenters. The van der Waals surface area contributed by atoms with Crippen LogP contribution in [0.1, 0.15) is 10.4 Å². The number of nitrogens with one attached hydrogen (secondary N) is 1. The molecule has 1 N–H and O–H groups in total. The number of hydrogen-bond donors (Lipinski definition) is 1. The largest absolute Gasteiger partial charge is 0.351 e. The molecule has 1 amide bonds. The molecule has 0 saturated carbocycles. The molecule has 0 bridgehead atoms. The van der Waals surface area contributed by atoms with Gasteiger partial charge >= 0.3 is 0 Å². The lowest BCUT2D eigenvalue weighted by Gasteiger charge is -2.08. The van der Waals surface area contributed by atoms with Crippen LogP contribution in [0.4, 0.5) is 4.39 Å². The second kappa shape index (κ2) is 6.59. The molecule has 0 radical (unpaired) electrons. The molecule has 0 aliphatic heterocycles. The van der Waals surface area contributed by atoms with E-state index in [4.69, 9.17) is 10.7 Å². The predicted molar refractivity (Wildman–Crippen MR) is 79.2 cm³/mol. The van der Waals surface area contributed by atoms with Crippen LogP contribution < -0.4 is 5.32 Å². The Balaban J connectivity index is 3.04. The SMILES string of the molecule is CS(=O)(=O)CCNC(=O)c1cc(F)c(Br)c(S(=O)(=O)Cl)c1. The molecule has 0 aromatic heterocycles. The molecule has 0 aliphatic carbocycles. The van der Waals surface area contributed by atoms with Gasteiger partial charge in [0.05, 0.1) is 10.2 Å². The summed E-state index contributed by atoms with van der Waals surface area (Å²) in [5.74, 6) is -2.09. The van der Waals surface area contributed by atoms with Crippen molar-refractivity contribution in [2.24, 2.45) is 0 Å². The van der Waals surface area contributed by atoms with E-state index >= 15 is 0 Å². The van der Waals surface area contributed by atoms with Gasteiger partial charge in [0.1, 0.15) is 20.5 Å². The average Bonchev–Trinajstić information content (AvgIpc) is 2.29. The first-order valence-electron chi connectivity index (χ1n) is 5.31. The number of amides is 1. The molecule has 1 rings (SSSR count). The van der Waals surface area contributed by atoms with Gasteiger partial charge in [0.15, 0.2) is 0 Å². The quantitative estimate of drug-likeness (QED) is 0.721. The standard InChI is InChI=1S/C10H10BrClFNO5S2/c1-20(16,17)3-2-14-10(15)6-4-7(13)9(11)8(5-6)21(12,18)19/h4-5H,2-3H2,1H3,(H,14,15). The summed E-state index contributed by atoms with van der Waals surface area (Å²) in [5.41, 5.74) is -0.288. The summed E-state index contributed by atoms with van der Waals surface area (Å²) in [6.45, 7) is -0.182. The van der Waals surface area contributed by atoms with Crippen LogP contribution in [0.5, 0.6) is 0 Å². The zero-order valence-corrected chi connectivity index (χ0v) is 14.5. The molecule has 0 heterocycles. The van der Waals surface area contributed by atoms with Gasteiger partial charge in [-0.05, 0) is 28.1 Å². The van der Waals surface area contributed by atoms with Gasteiger partial charge in [-0.2, -0.15) is 0 Å². The summed E-state index contributed by atoms with van der Waals surface area (Å²) < 4.78 is 57.6. The summed E-state index contributed by atoms with van der Waals surface area (Å²) in [7, 11) is -2.37. The third-order valence-electron chi connectivity index (χ3n) is 2.28. The van der Waals surface area contributed by atoms with E-state index in [2.05, 4.69) is 21.2 Å². The summed E-state index contributed by atoms with van der Waals surface area (Å²) in [6.07, 6.45) is 0.997. The van der Waals surface area contributed by atoms with Crippen molar-refractivity contribution < 1.29 is 26.0 Å². The van der Waals surface area contributed by atoms with Crippen LogP contribution in [0, 0.1) is 5.82 Å². The Morgan fingerprint density at radius 1 is 1.33 bits per heavy atom. The maximum absolute atomic E-state index is 13.6. The highest BCUT2D eigenvalue weighted by Gasteiger charge is 2.21. The van der Waals surface area contributed by atoms with Crippen LogP contribution >= 0.6 is 26.6 Å². The lowest BCUT2D eigenvalue weighted by molar-refractivity contribution is 0.0955. The highest BCUT2D eigenvalue weighted by Crippen LogP contribution is 2.29. The van der Waals surface area contributed by atoms with Crippen molar-refractivity contribution in [3.63, 3.8) is 0 Å². The first kappa shape index (κ1) is 18.3. The molecule has 0 spiro atoms. The molecule has 21 heavy (non-hydrogen) atoms.